The summed E-state index contributed by atoms with van der Waals surface area (Å²) in [5.41, 5.74) is 0. The first-order valence-corrected chi connectivity index (χ1v) is 7.61. The van der Waals surface area contributed by atoms with E-state index in [1.165, 1.54) is 64.2 Å². The highest BCUT2D eigenvalue weighted by molar-refractivity contribution is 5.97. The fourth-order valence-corrected chi connectivity index (χ4v) is 4.07. The molecule has 16 heavy (non-hydrogen) atoms. The third-order valence-electron chi connectivity index (χ3n) is 4.79. The minimum atomic E-state index is 0.832. The number of hydrogen-bond donors (Lipinski definition) is 0. The maximum atomic E-state index is 5.32. The summed E-state index contributed by atoms with van der Waals surface area (Å²) in [5.74, 6) is 2.74. The van der Waals surface area contributed by atoms with Gasteiger partial charge in [-0.2, -0.15) is 0 Å². The fraction of sp³-hybridized carbons (Fsp3) is 1.00. The second-order valence-corrected chi connectivity index (χ2v) is 6.06. The van der Waals surface area contributed by atoms with Crippen LogP contribution in [0.25, 0.3) is 0 Å². The van der Waals surface area contributed by atoms with Crippen LogP contribution < -0.4 is 0 Å². The van der Waals surface area contributed by atoms with Crippen molar-refractivity contribution in [3.63, 3.8) is 0 Å². The van der Waals surface area contributed by atoms with Crippen molar-refractivity contribution in [3.05, 3.63) is 0 Å². The van der Waals surface area contributed by atoms with Gasteiger partial charge in [-0.15, -0.1) is 0 Å². The Morgan fingerprint density at radius 2 is 1.25 bits per heavy atom. The van der Waals surface area contributed by atoms with Crippen molar-refractivity contribution in [2.75, 3.05) is 6.61 Å². The summed E-state index contributed by atoms with van der Waals surface area (Å²) in [6, 6.07) is 0. The van der Waals surface area contributed by atoms with Crippen molar-refractivity contribution in [2.24, 2.45) is 17.8 Å². The normalized spacial score (nSPS) is 25.1. The van der Waals surface area contributed by atoms with Gasteiger partial charge in [0.25, 0.3) is 0 Å². The Hall–Kier alpha value is 0.177. The highest BCUT2D eigenvalue weighted by atomic mass is 28.2. The van der Waals surface area contributed by atoms with E-state index in [9.17, 15) is 0 Å². The predicted molar refractivity (Wildman–Crippen MR) is 68.3 cm³/mol. The zero-order chi connectivity index (χ0) is 11.2. The van der Waals surface area contributed by atoms with Crippen LogP contribution in [0, 0.1) is 17.8 Å². The molecule has 0 amide bonds. The van der Waals surface area contributed by atoms with Gasteiger partial charge in [-0.05, 0) is 17.8 Å². The molecule has 2 rings (SSSR count). The van der Waals surface area contributed by atoms with E-state index in [4.69, 9.17) is 4.43 Å². The lowest BCUT2D eigenvalue weighted by Crippen LogP contribution is -2.30. The smallest absolute Gasteiger partial charge is 0.246 e. The number of rotatable bonds is 4. The minimum Gasteiger partial charge on any atom is -0.418 e. The van der Waals surface area contributed by atoms with Crippen LogP contribution in [0.2, 0.25) is 0 Å². The van der Waals surface area contributed by atoms with Crippen LogP contribution in [0.5, 0.6) is 0 Å². The molecule has 2 aliphatic carbocycles. The standard InChI is InChI=1S/C14H25OSi/c16-15-11-14(12-7-3-1-4-8-12)13-9-5-2-6-10-13/h12-14H,1-11H2. The summed E-state index contributed by atoms with van der Waals surface area (Å²) in [5, 5.41) is 0. The molecule has 0 N–H and O–H groups in total. The van der Waals surface area contributed by atoms with Crippen LogP contribution in [0.3, 0.4) is 0 Å². The Morgan fingerprint density at radius 1 is 0.812 bits per heavy atom. The van der Waals surface area contributed by atoms with Gasteiger partial charge in [-0.1, -0.05) is 64.2 Å². The summed E-state index contributed by atoms with van der Waals surface area (Å²) in [6.45, 7) is 0.937. The molecule has 2 aliphatic rings. The molecule has 0 aromatic carbocycles. The van der Waals surface area contributed by atoms with Gasteiger partial charge in [0, 0.05) is 6.61 Å². The van der Waals surface area contributed by atoms with Crippen LogP contribution in [0.4, 0.5) is 0 Å². The molecule has 3 radical (unpaired) electrons. The molecule has 2 heteroatoms. The van der Waals surface area contributed by atoms with E-state index in [1.807, 2.05) is 0 Å². The molecule has 91 valence electrons. The third-order valence-corrected chi connectivity index (χ3v) is 4.95. The maximum absolute atomic E-state index is 5.32. The van der Waals surface area contributed by atoms with Gasteiger partial charge in [0.2, 0.25) is 10.5 Å². The lowest BCUT2D eigenvalue weighted by molar-refractivity contribution is 0.0934. The molecule has 0 saturated heterocycles. The van der Waals surface area contributed by atoms with E-state index in [2.05, 4.69) is 10.5 Å². The van der Waals surface area contributed by atoms with E-state index < -0.39 is 0 Å². The first kappa shape index (κ1) is 12.6. The molecule has 0 aromatic rings. The second kappa shape index (κ2) is 6.80. The van der Waals surface area contributed by atoms with Crippen molar-refractivity contribution < 1.29 is 4.43 Å². The Morgan fingerprint density at radius 3 is 1.62 bits per heavy atom. The Labute approximate surface area is 104 Å². The highest BCUT2D eigenvalue weighted by Crippen LogP contribution is 2.39. The van der Waals surface area contributed by atoms with Crippen molar-refractivity contribution in [1.29, 1.82) is 0 Å². The zero-order valence-electron chi connectivity index (χ0n) is 10.4. The molecular weight excluding hydrogens is 212 g/mol. The van der Waals surface area contributed by atoms with Crippen molar-refractivity contribution in [2.45, 2.75) is 64.2 Å². The zero-order valence-corrected chi connectivity index (χ0v) is 11.4. The summed E-state index contributed by atoms with van der Waals surface area (Å²) in [6.07, 6.45) is 14.6. The largest absolute Gasteiger partial charge is 0.418 e. The molecule has 0 spiro atoms. The molecule has 2 saturated carbocycles. The van der Waals surface area contributed by atoms with Gasteiger partial charge in [0.05, 0.1) is 0 Å². The van der Waals surface area contributed by atoms with Gasteiger partial charge in [-0.25, -0.2) is 0 Å². The van der Waals surface area contributed by atoms with E-state index in [0.717, 1.165) is 24.4 Å². The molecule has 0 bridgehead atoms. The Balaban J connectivity index is 1.91. The van der Waals surface area contributed by atoms with Crippen molar-refractivity contribution in [3.8, 4) is 0 Å². The topological polar surface area (TPSA) is 9.23 Å². The average molecular weight is 237 g/mol. The molecule has 0 atom stereocenters. The average Bonchev–Trinajstić information content (AvgIpc) is 2.38. The summed E-state index contributed by atoms with van der Waals surface area (Å²) in [4.78, 5) is 0. The summed E-state index contributed by atoms with van der Waals surface area (Å²) < 4.78 is 5.32. The van der Waals surface area contributed by atoms with Crippen LogP contribution in [0.1, 0.15) is 64.2 Å². The molecule has 0 heterocycles. The molecule has 0 aromatic heterocycles. The van der Waals surface area contributed by atoms with Gasteiger partial charge in [-0.3, -0.25) is 0 Å². The molecular formula is C14H25OSi. The summed E-state index contributed by atoms with van der Waals surface area (Å²) >= 11 is 0. The van der Waals surface area contributed by atoms with Gasteiger partial charge in [0.1, 0.15) is 0 Å². The maximum Gasteiger partial charge on any atom is 0.246 e. The minimum absolute atomic E-state index is 0.832. The molecule has 0 unspecified atom stereocenters. The lowest BCUT2D eigenvalue weighted by atomic mass is 9.70. The van der Waals surface area contributed by atoms with E-state index in [1.54, 1.807) is 0 Å². The Bertz CT molecular complexity index is 165. The molecule has 0 aliphatic heterocycles. The van der Waals surface area contributed by atoms with E-state index >= 15 is 0 Å². The first-order valence-electron chi connectivity index (χ1n) is 7.20. The monoisotopic (exact) mass is 237 g/mol. The lowest BCUT2D eigenvalue weighted by Gasteiger charge is -2.37. The second-order valence-electron chi connectivity index (χ2n) is 5.77. The van der Waals surface area contributed by atoms with E-state index in [0.29, 0.717) is 0 Å². The van der Waals surface area contributed by atoms with Crippen molar-refractivity contribution in [1.82, 2.24) is 0 Å². The SMILES string of the molecule is [Si]OCC(C1CCCCC1)C1CCCCC1. The van der Waals surface area contributed by atoms with E-state index in [-0.39, 0.29) is 0 Å². The quantitative estimate of drug-likeness (QED) is 0.675. The fourth-order valence-electron chi connectivity index (χ4n) is 3.88. The summed E-state index contributed by atoms with van der Waals surface area (Å²) in [7, 11) is 3.23. The molecule has 1 nitrogen and oxygen atoms in total. The molecule has 2 fully saturated rings. The van der Waals surface area contributed by atoms with Gasteiger partial charge < -0.3 is 4.43 Å². The van der Waals surface area contributed by atoms with Gasteiger partial charge in [0.15, 0.2) is 0 Å². The van der Waals surface area contributed by atoms with Crippen LogP contribution in [-0.2, 0) is 4.43 Å². The van der Waals surface area contributed by atoms with Crippen LogP contribution in [-0.4, -0.2) is 17.1 Å². The predicted octanol–water partition coefficient (Wildman–Crippen LogP) is 3.86. The van der Waals surface area contributed by atoms with Crippen LogP contribution in [0.15, 0.2) is 0 Å². The number of hydrogen-bond acceptors (Lipinski definition) is 1. The third kappa shape index (κ3) is 3.33. The Kier molecular flexibility index (Phi) is 5.37. The van der Waals surface area contributed by atoms with Gasteiger partial charge >= 0.3 is 0 Å². The van der Waals surface area contributed by atoms with Crippen LogP contribution >= 0.6 is 0 Å². The van der Waals surface area contributed by atoms with Crippen molar-refractivity contribution >= 4 is 10.5 Å². The first-order chi connectivity index (χ1) is 7.92. The highest BCUT2D eigenvalue weighted by Gasteiger charge is 2.30.